The van der Waals surface area contributed by atoms with Crippen molar-refractivity contribution in [1.82, 2.24) is 0 Å². The molecule has 0 heterocycles. The van der Waals surface area contributed by atoms with Gasteiger partial charge in [-0.05, 0) is 25.0 Å². The largest absolute Gasteiger partial charge is 0.468 e. The molecule has 0 amide bonds. The van der Waals surface area contributed by atoms with E-state index < -0.39 is 10.7 Å². The summed E-state index contributed by atoms with van der Waals surface area (Å²) in [5, 5.41) is 0. The first-order valence-corrected chi connectivity index (χ1v) is 7.86. The molecular weight excluding hydrogens is 272 g/mol. The number of carbonyl (C=O) groups excluding carboxylic acids is 2. The molecule has 0 aliphatic heterocycles. The van der Waals surface area contributed by atoms with Crippen molar-refractivity contribution in [2.24, 2.45) is 0 Å². The van der Waals surface area contributed by atoms with Gasteiger partial charge in [-0.1, -0.05) is 49.2 Å². The number of Topliss-reactive ketones (excluding diaryl/α,β-unsaturated/α-hetero) is 1. The molecular formula is C16H20O3S. The molecule has 2 rings (SSSR count). The first-order valence-electron chi connectivity index (χ1n) is 7.05. The molecule has 1 aromatic rings. The fourth-order valence-corrected chi connectivity index (χ4v) is 3.90. The number of carbonyl (C=O) groups is 2. The smallest absolute Gasteiger partial charge is 0.329 e. The Morgan fingerprint density at radius 2 is 1.85 bits per heavy atom. The minimum Gasteiger partial charge on any atom is -0.468 e. The Morgan fingerprint density at radius 3 is 2.55 bits per heavy atom. The Labute approximate surface area is 124 Å². The molecule has 0 aromatic heterocycles. The van der Waals surface area contributed by atoms with Crippen LogP contribution in [0.5, 0.6) is 0 Å². The fourth-order valence-electron chi connectivity index (χ4n) is 2.57. The van der Waals surface area contributed by atoms with Crippen LogP contribution in [0.15, 0.2) is 35.2 Å². The highest BCUT2D eigenvalue weighted by atomic mass is 32.2. The van der Waals surface area contributed by atoms with Gasteiger partial charge in [0.15, 0.2) is 10.5 Å². The van der Waals surface area contributed by atoms with E-state index in [1.165, 1.54) is 18.9 Å². The second-order valence-electron chi connectivity index (χ2n) is 5.07. The molecule has 4 heteroatoms. The zero-order valence-corrected chi connectivity index (χ0v) is 12.6. The molecule has 20 heavy (non-hydrogen) atoms. The van der Waals surface area contributed by atoms with Crippen LogP contribution in [-0.4, -0.2) is 23.6 Å². The van der Waals surface area contributed by atoms with Crippen molar-refractivity contribution >= 4 is 23.5 Å². The standard InChI is InChI=1S/C16H20O3S/c1-19-15(18)16(20-13-9-5-4-6-10-13)12-8-3-2-7-11-14(16)17/h4-6,9-10H,2-3,7-8,11-12H2,1H3. The number of esters is 1. The normalized spacial score (nSPS) is 23.8. The number of rotatable bonds is 3. The van der Waals surface area contributed by atoms with E-state index in [1.807, 2.05) is 30.3 Å². The number of thioether (sulfide) groups is 1. The number of ether oxygens (including phenoxy) is 1. The van der Waals surface area contributed by atoms with E-state index in [9.17, 15) is 9.59 Å². The van der Waals surface area contributed by atoms with E-state index in [2.05, 4.69) is 0 Å². The van der Waals surface area contributed by atoms with E-state index in [4.69, 9.17) is 4.74 Å². The van der Waals surface area contributed by atoms with Gasteiger partial charge in [0.2, 0.25) is 0 Å². The van der Waals surface area contributed by atoms with Crippen molar-refractivity contribution in [3.63, 3.8) is 0 Å². The average Bonchev–Trinajstić information content (AvgIpc) is 2.47. The van der Waals surface area contributed by atoms with Crippen LogP contribution < -0.4 is 0 Å². The molecule has 1 aliphatic rings. The summed E-state index contributed by atoms with van der Waals surface area (Å²) < 4.78 is 3.89. The van der Waals surface area contributed by atoms with Crippen LogP contribution in [0, 0.1) is 0 Å². The molecule has 0 N–H and O–H groups in total. The molecule has 1 atom stereocenters. The number of benzene rings is 1. The molecule has 1 aromatic carbocycles. The number of hydrogen-bond donors (Lipinski definition) is 0. The van der Waals surface area contributed by atoms with Crippen molar-refractivity contribution in [3.05, 3.63) is 30.3 Å². The summed E-state index contributed by atoms with van der Waals surface area (Å²) in [5.74, 6) is -0.392. The highest BCUT2D eigenvalue weighted by molar-refractivity contribution is 8.02. The third-order valence-electron chi connectivity index (χ3n) is 3.68. The lowest BCUT2D eigenvalue weighted by Crippen LogP contribution is -2.45. The third kappa shape index (κ3) is 3.23. The van der Waals surface area contributed by atoms with Gasteiger partial charge in [0.25, 0.3) is 0 Å². The van der Waals surface area contributed by atoms with E-state index in [0.29, 0.717) is 12.8 Å². The second kappa shape index (κ2) is 6.93. The maximum Gasteiger partial charge on any atom is 0.329 e. The Balaban J connectivity index is 2.32. The van der Waals surface area contributed by atoms with Gasteiger partial charge in [0.1, 0.15) is 0 Å². The van der Waals surface area contributed by atoms with Crippen LogP contribution >= 0.6 is 11.8 Å². The van der Waals surface area contributed by atoms with Crippen molar-refractivity contribution in [3.8, 4) is 0 Å². The molecule has 108 valence electrons. The molecule has 1 aliphatic carbocycles. The molecule has 1 saturated carbocycles. The van der Waals surface area contributed by atoms with Crippen LogP contribution in [0.1, 0.15) is 38.5 Å². The molecule has 0 radical (unpaired) electrons. The average molecular weight is 292 g/mol. The molecule has 3 nitrogen and oxygen atoms in total. The highest BCUT2D eigenvalue weighted by Gasteiger charge is 2.47. The summed E-state index contributed by atoms with van der Waals surface area (Å²) in [5.41, 5.74) is 0. The molecule has 1 fully saturated rings. The number of ketones is 1. The quantitative estimate of drug-likeness (QED) is 0.630. The summed E-state index contributed by atoms with van der Waals surface area (Å²) in [7, 11) is 1.36. The first-order chi connectivity index (χ1) is 9.69. The number of hydrogen-bond acceptors (Lipinski definition) is 4. The van der Waals surface area contributed by atoms with Gasteiger partial charge in [0.05, 0.1) is 7.11 Å². The van der Waals surface area contributed by atoms with Gasteiger partial charge in [-0.2, -0.15) is 0 Å². The minimum absolute atomic E-state index is 0.0119. The maximum atomic E-state index is 12.6. The lowest BCUT2D eigenvalue weighted by atomic mass is 9.89. The van der Waals surface area contributed by atoms with Crippen LogP contribution in [0.25, 0.3) is 0 Å². The zero-order valence-electron chi connectivity index (χ0n) is 11.8. The summed E-state index contributed by atoms with van der Waals surface area (Å²) >= 11 is 1.35. The molecule has 0 bridgehead atoms. The summed E-state index contributed by atoms with van der Waals surface area (Å²) in [6, 6.07) is 9.62. The molecule has 1 unspecified atom stereocenters. The lowest BCUT2D eigenvalue weighted by molar-refractivity contribution is -0.147. The van der Waals surface area contributed by atoms with Crippen molar-refractivity contribution in [1.29, 1.82) is 0 Å². The molecule has 0 spiro atoms. The van der Waals surface area contributed by atoms with Crippen molar-refractivity contribution in [2.75, 3.05) is 7.11 Å². The van der Waals surface area contributed by atoms with E-state index >= 15 is 0 Å². The van der Waals surface area contributed by atoms with E-state index in [0.717, 1.165) is 30.6 Å². The van der Waals surface area contributed by atoms with E-state index in [-0.39, 0.29) is 5.78 Å². The van der Waals surface area contributed by atoms with Crippen molar-refractivity contribution < 1.29 is 14.3 Å². The molecule has 0 saturated heterocycles. The Morgan fingerprint density at radius 1 is 1.15 bits per heavy atom. The zero-order chi connectivity index (χ0) is 14.4. The van der Waals surface area contributed by atoms with Crippen LogP contribution in [0.2, 0.25) is 0 Å². The topological polar surface area (TPSA) is 43.4 Å². The fraction of sp³-hybridized carbons (Fsp3) is 0.500. The number of methoxy groups -OCH3 is 1. The summed E-state index contributed by atoms with van der Waals surface area (Å²) in [6.07, 6.45) is 4.93. The Kier molecular flexibility index (Phi) is 5.24. The SMILES string of the molecule is COC(=O)C1(Sc2ccccc2)CCCCCCC1=O. The summed E-state index contributed by atoms with van der Waals surface area (Å²) in [4.78, 5) is 25.8. The van der Waals surface area contributed by atoms with Gasteiger partial charge in [-0.3, -0.25) is 9.59 Å². The summed E-state index contributed by atoms with van der Waals surface area (Å²) in [6.45, 7) is 0. The van der Waals surface area contributed by atoms with Crippen LogP contribution in [0.3, 0.4) is 0 Å². The van der Waals surface area contributed by atoms with Gasteiger partial charge in [-0.25, -0.2) is 0 Å². The monoisotopic (exact) mass is 292 g/mol. The van der Waals surface area contributed by atoms with Gasteiger partial charge < -0.3 is 4.74 Å². The Bertz CT molecular complexity index is 472. The van der Waals surface area contributed by atoms with Crippen LogP contribution in [0.4, 0.5) is 0 Å². The van der Waals surface area contributed by atoms with Gasteiger partial charge in [-0.15, -0.1) is 0 Å². The minimum atomic E-state index is -1.06. The lowest BCUT2D eigenvalue weighted by Gasteiger charge is -2.30. The predicted octanol–water partition coefficient (Wildman–Crippen LogP) is 3.61. The Hall–Kier alpha value is -1.29. The maximum absolute atomic E-state index is 12.6. The first kappa shape index (κ1) is 15.1. The third-order valence-corrected chi connectivity index (χ3v) is 5.14. The second-order valence-corrected chi connectivity index (χ2v) is 6.44. The predicted molar refractivity (Wildman–Crippen MR) is 79.8 cm³/mol. The highest BCUT2D eigenvalue weighted by Crippen LogP contribution is 2.41. The van der Waals surface area contributed by atoms with Crippen LogP contribution in [-0.2, 0) is 14.3 Å². The van der Waals surface area contributed by atoms with E-state index in [1.54, 1.807) is 0 Å². The van der Waals surface area contributed by atoms with Gasteiger partial charge in [0, 0.05) is 11.3 Å². The van der Waals surface area contributed by atoms with Crippen molar-refractivity contribution in [2.45, 2.75) is 48.2 Å². The van der Waals surface area contributed by atoms with Gasteiger partial charge >= 0.3 is 5.97 Å².